The number of imidazole rings is 1. The van der Waals surface area contributed by atoms with Crippen LogP contribution in [0.4, 0.5) is 0 Å². The van der Waals surface area contributed by atoms with Crippen LogP contribution in [-0.2, 0) is 30.4 Å². The summed E-state index contributed by atoms with van der Waals surface area (Å²) < 4.78 is 0. The van der Waals surface area contributed by atoms with Gasteiger partial charge in [-0.2, -0.15) is 0 Å². The molecule has 0 aliphatic carbocycles. The van der Waals surface area contributed by atoms with E-state index in [-0.39, 0.29) is 44.6 Å². The van der Waals surface area contributed by atoms with Crippen LogP contribution in [0.1, 0.15) is 45.2 Å². The van der Waals surface area contributed by atoms with Crippen molar-refractivity contribution in [2.45, 2.75) is 70.1 Å². The van der Waals surface area contributed by atoms with Crippen molar-refractivity contribution < 1.29 is 34.2 Å². The number of hydrogen-bond donors (Lipinski definition) is 9. The third-order valence-electron chi connectivity index (χ3n) is 5.42. The van der Waals surface area contributed by atoms with Gasteiger partial charge in [0.2, 0.25) is 17.7 Å². The minimum absolute atomic E-state index is 0.0572. The molecule has 0 fully saturated rings. The quantitative estimate of drug-likeness (QED) is 0.0561. The van der Waals surface area contributed by atoms with E-state index in [9.17, 15) is 29.1 Å². The summed E-state index contributed by atoms with van der Waals surface area (Å²) in [6.45, 7) is 3.47. The number of aliphatic imine (C=N–C) groups is 1. The summed E-state index contributed by atoms with van der Waals surface area (Å²) in [5.41, 5.74) is 16.9. The van der Waals surface area contributed by atoms with Crippen LogP contribution in [0.2, 0.25) is 0 Å². The smallest absolute Gasteiger partial charge is 0.326 e. The van der Waals surface area contributed by atoms with Crippen LogP contribution in [0.5, 0.6) is 0 Å². The maximum atomic E-state index is 13.1. The zero-order valence-electron chi connectivity index (χ0n) is 21.3. The Balaban J connectivity index is 2.99. The van der Waals surface area contributed by atoms with Crippen LogP contribution in [-0.4, -0.2) is 86.5 Å². The Kier molecular flexibility index (Phi) is 13.2. The van der Waals surface area contributed by atoms with Gasteiger partial charge in [0.05, 0.1) is 12.4 Å². The molecule has 1 aromatic heterocycles. The number of amides is 3. The fourth-order valence-electron chi connectivity index (χ4n) is 3.33. The van der Waals surface area contributed by atoms with E-state index in [1.54, 1.807) is 13.8 Å². The highest BCUT2D eigenvalue weighted by atomic mass is 16.4. The Morgan fingerprint density at radius 1 is 1.00 bits per heavy atom. The lowest BCUT2D eigenvalue weighted by Gasteiger charge is -2.27. The van der Waals surface area contributed by atoms with Crippen molar-refractivity contribution in [2.24, 2.45) is 28.1 Å². The van der Waals surface area contributed by atoms with Gasteiger partial charge in [-0.1, -0.05) is 13.8 Å². The van der Waals surface area contributed by atoms with Gasteiger partial charge < -0.3 is 48.3 Å². The van der Waals surface area contributed by atoms with Gasteiger partial charge in [-0.25, -0.2) is 9.78 Å². The molecule has 0 bridgehead atoms. The molecule has 0 aliphatic rings. The molecular formula is C22H37N9O7. The van der Waals surface area contributed by atoms with Crippen molar-refractivity contribution in [2.75, 3.05) is 6.54 Å². The number of aliphatic carboxylic acids is 2. The Labute approximate surface area is 219 Å². The second-order valence-electron chi connectivity index (χ2n) is 8.96. The molecule has 0 aliphatic heterocycles. The van der Waals surface area contributed by atoms with Gasteiger partial charge >= 0.3 is 11.9 Å². The summed E-state index contributed by atoms with van der Waals surface area (Å²) >= 11 is 0. The maximum Gasteiger partial charge on any atom is 0.326 e. The number of H-pyrrole nitrogens is 1. The lowest BCUT2D eigenvalue weighted by molar-refractivity contribution is -0.142. The zero-order valence-corrected chi connectivity index (χ0v) is 21.3. The number of nitrogens with zero attached hydrogens (tertiary/aromatic N) is 2. The highest BCUT2D eigenvalue weighted by molar-refractivity contribution is 5.94. The van der Waals surface area contributed by atoms with Crippen LogP contribution in [0.25, 0.3) is 0 Å². The highest BCUT2D eigenvalue weighted by Crippen LogP contribution is 2.08. The van der Waals surface area contributed by atoms with E-state index in [0.717, 1.165) is 0 Å². The van der Waals surface area contributed by atoms with E-state index in [0.29, 0.717) is 5.69 Å². The number of carboxylic acids is 2. The van der Waals surface area contributed by atoms with Crippen LogP contribution >= 0.6 is 0 Å². The number of aromatic amines is 1. The first kappa shape index (κ1) is 31.8. The lowest BCUT2D eigenvalue weighted by atomic mass is 10.0. The molecule has 16 heteroatoms. The van der Waals surface area contributed by atoms with Crippen molar-refractivity contribution in [3.05, 3.63) is 18.2 Å². The largest absolute Gasteiger partial charge is 0.481 e. The second kappa shape index (κ2) is 15.8. The minimum Gasteiger partial charge on any atom is -0.481 e. The third kappa shape index (κ3) is 11.7. The van der Waals surface area contributed by atoms with Gasteiger partial charge in [-0.15, -0.1) is 0 Å². The van der Waals surface area contributed by atoms with Gasteiger partial charge in [-0.05, 0) is 25.2 Å². The molecule has 0 aromatic carbocycles. The molecule has 4 atom stereocenters. The predicted octanol–water partition coefficient (Wildman–Crippen LogP) is -2.61. The van der Waals surface area contributed by atoms with Crippen LogP contribution in [0, 0.1) is 5.92 Å². The number of rotatable bonds is 17. The average Bonchev–Trinajstić information content (AvgIpc) is 3.34. The van der Waals surface area contributed by atoms with Gasteiger partial charge in [0.15, 0.2) is 5.96 Å². The first-order chi connectivity index (χ1) is 17.8. The minimum atomic E-state index is -1.31. The van der Waals surface area contributed by atoms with Crippen molar-refractivity contribution >= 4 is 35.6 Å². The molecule has 0 radical (unpaired) electrons. The Hall–Kier alpha value is -4.21. The van der Waals surface area contributed by atoms with Crippen LogP contribution in [0.15, 0.2) is 17.5 Å². The first-order valence-corrected chi connectivity index (χ1v) is 12.0. The topological polar surface area (TPSA) is 281 Å². The van der Waals surface area contributed by atoms with Gasteiger partial charge in [0, 0.05) is 31.3 Å². The standard InChI is InChI=1S/C22H37N9O7/c1-11(2)17(31-18(34)13(23)5-6-16(32)33)20(36)29-14(4-3-7-27-22(24)25)19(35)30-15(21(37)38)8-12-9-26-10-28-12/h9-11,13-15,17H,3-8,23H2,1-2H3,(H,26,28)(H,29,36)(H,30,35)(H,31,34)(H,32,33)(H,37,38)(H4,24,25,27). The SMILES string of the molecule is CC(C)C(NC(=O)C(N)CCC(=O)O)C(=O)NC(CCCN=C(N)N)C(=O)NC(Cc1cnc[nH]1)C(=O)O. The molecule has 12 N–H and O–H groups in total. The Morgan fingerprint density at radius 3 is 2.18 bits per heavy atom. The summed E-state index contributed by atoms with van der Waals surface area (Å²) in [7, 11) is 0. The molecule has 38 heavy (non-hydrogen) atoms. The fraction of sp³-hybridized carbons (Fsp3) is 0.591. The first-order valence-electron chi connectivity index (χ1n) is 12.0. The average molecular weight is 540 g/mol. The van der Waals surface area contributed by atoms with Crippen molar-refractivity contribution in [3.63, 3.8) is 0 Å². The number of nitrogens with two attached hydrogens (primary N) is 3. The summed E-state index contributed by atoms with van der Waals surface area (Å²) in [5, 5.41) is 25.8. The molecule has 3 amide bonds. The molecule has 4 unspecified atom stereocenters. The van der Waals surface area contributed by atoms with Crippen LogP contribution in [0.3, 0.4) is 0 Å². The number of carboxylic acid groups (broad SMARTS) is 2. The van der Waals surface area contributed by atoms with Crippen molar-refractivity contribution in [1.29, 1.82) is 0 Å². The van der Waals surface area contributed by atoms with E-state index in [4.69, 9.17) is 22.3 Å². The summed E-state index contributed by atoms with van der Waals surface area (Å²) in [6, 6.07) is -4.75. The van der Waals surface area contributed by atoms with Crippen LogP contribution < -0.4 is 33.2 Å². The Morgan fingerprint density at radius 2 is 1.66 bits per heavy atom. The van der Waals surface area contributed by atoms with Gasteiger partial charge in [0.1, 0.15) is 18.1 Å². The molecule has 212 valence electrons. The number of guanidine groups is 1. The van der Waals surface area contributed by atoms with Crippen molar-refractivity contribution in [1.82, 2.24) is 25.9 Å². The number of hydrogen-bond acceptors (Lipinski definition) is 8. The Bertz CT molecular complexity index is 978. The van der Waals surface area contributed by atoms with Crippen molar-refractivity contribution in [3.8, 4) is 0 Å². The molecule has 0 spiro atoms. The molecule has 1 rings (SSSR count). The van der Waals surface area contributed by atoms with Gasteiger partial charge in [0.25, 0.3) is 0 Å². The summed E-state index contributed by atoms with van der Waals surface area (Å²) in [4.78, 5) is 71.5. The second-order valence-corrected chi connectivity index (χ2v) is 8.96. The molecular weight excluding hydrogens is 502 g/mol. The molecule has 16 nitrogen and oxygen atoms in total. The molecule has 1 heterocycles. The highest BCUT2D eigenvalue weighted by Gasteiger charge is 2.31. The van der Waals surface area contributed by atoms with E-state index >= 15 is 0 Å². The normalized spacial score (nSPS) is 14.0. The number of nitrogens with one attached hydrogen (secondary N) is 4. The lowest BCUT2D eigenvalue weighted by Crippen LogP contribution is -2.58. The monoisotopic (exact) mass is 539 g/mol. The summed E-state index contributed by atoms with van der Waals surface area (Å²) in [6.07, 6.45) is 2.60. The molecule has 1 aromatic rings. The fourth-order valence-corrected chi connectivity index (χ4v) is 3.33. The third-order valence-corrected chi connectivity index (χ3v) is 5.42. The van der Waals surface area contributed by atoms with E-state index < -0.39 is 59.7 Å². The van der Waals surface area contributed by atoms with E-state index in [2.05, 4.69) is 30.9 Å². The number of aromatic nitrogens is 2. The maximum absolute atomic E-state index is 13.1. The van der Waals surface area contributed by atoms with Gasteiger partial charge in [-0.3, -0.25) is 24.2 Å². The molecule has 0 saturated carbocycles. The van der Waals surface area contributed by atoms with E-state index in [1.165, 1.54) is 12.5 Å². The predicted molar refractivity (Wildman–Crippen MR) is 135 cm³/mol. The number of carbonyl (C=O) groups excluding carboxylic acids is 3. The summed E-state index contributed by atoms with van der Waals surface area (Å²) in [5.74, 6) is -5.18. The number of carbonyl (C=O) groups is 5. The zero-order chi connectivity index (χ0) is 28.8. The van der Waals surface area contributed by atoms with E-state index in [1.807, 2.05) is 0 Å². The molecule has 0 saturated heterocycles.